The third kappa shape index (κ3) is 4.07. The fraction of sp³-hybridized carbons (Fsp3) is 0.588. The lowest BCUT2D eigenvalue weighted by atomic mass is 10.2. The van der Waals surface area contributed by atoms with E-state index in [2.05, 4.69) is 22.3 Å². The van der Waals surface area contributed by atoms with E-state index in [0.29, 0.717) is 6.54 Å². The van der Waals surface area contributed by atoms with Crippen LogP contribution in [0.2, 0.25) is 0 Å². The summed E-state index contributed by atoms with van der Waals surface area (Å²) in [7, 11) is 1.67. The second-order valence-corrected chi connectivity index (χ2v) is 5.99. The smallest absolute Gasteiger partial charge is 0.317 e. The number of amides is 2. The molecule has 2 amide bonds. The van der Waals surface area contributed by atoms with E-state index in [1.54, 1.807) is 7.11 Å². The molecule has 1 unspecified atom stereocenters. The number of nitrogens with zero attached hydrogens (tertiary/aromatic N) is 2. The quantitative estimate of drug-likeness (QED) is 0.918. The predicted molar refractivity (Wildman–Crippen MR) is 89.2 cm³/mol. The van der Waals surface area contributed by atoms with Crippen molar-refractivity contribution < 1.29 is 14.3 Å². The normalized spacial score (nSPS) is 21.3. The number of anilines is 1. The zero-order valence-electron chi connectivity index (χ0n) is 13.7. The van der Waals surface area contributed by atoms with E-state index in [9.17, 15) is 4.79 Å². The summed E-state index contributed by atoms with van der Waals surface area (Å²) in [6, 6.07) is 8.08. The van der Waals surface area contributed by atoms with Gasteiger partial charge in [0, 0.05) is 45.0 Å². The minimum atomic E-state index is 0.0230. The average molecular weight is 319 g/mol. The molecule has 126 valence electrons. The monoisotopic (exact) mass is 319 g/mol. The van der Waals surface area contributed by atoms with Gasteiger partial charge in [-0.3, -0.25) is 0 Å². The molecule has 6 heteroatoms. The first kappa shape index (κ1) is 15.9. The van der Waals surface area contributed by atoms with E-state index in [1.165, 1.54) is 5.69 Å². The minimum Gasteiger partial charge on any atom is -0.497 e. The van der Waals surface area contributed by atoms with Crippen LogP contribution in [0.1, 0.15) is 12.8 Å². The van der Waals surface area contributed by atoms with Crippen molar-refractivity contribution in [3.8, 4) is 5.75 Å². The number of methoxy groups -OCH3 is 1. The first-order valence-electron chi connectivity index (χ1n) is 8.29. The molecule has 0 aliphatic carbocycles. The minimum absolute atomic E-state index is 0.0230. The molecular formula is C17H25N3O3. The molecule has 0 bridgehead atoms. The van der Waals surface area contributed by atoms with Crippen LogP contribution in [-0.2, 0) is 4.74 Å². The Labute approximate surface area is 137 Å². The van der Waals surface area contributed by atoms with Gasteiger partial charge >= 0.3 is 6.03 Å². The van der Waals surface area contributed by atoms with Crippen molar-refractivity contribution >= 4 is 11.7 Å². The van der Waals surface area contributed by atoms with Crippen molar-refractivity contribution in [1.82, 2.24) is 10.2 Å². The molecule has 1 atom stereocenters. The molecule has 23 heavy (non-hydrogen) atoms. The van der Waals surface area contributed by atoms with Gasteiger partial charge in [-0.05, 0) is 37.1 Å². The summed E-state index contributed by atoms with van der Waals surface area (Å²) >= 11 is 0. The molecule has 0 aromatic heterocycles. The highest BCUT2D eigenvalue weighted by Gasteiger charge is 2.23. The molecule has 2 heterocycles. The van der Waals surface area contributed by atoms with Crippen molar-refractivity contribution in [1.29, 1.82) is 0 Å². The molecule has 0 radical (unpaired) electrons. The Morgan fingerprint density at radius 1 is 1.26 bits per heavy atom. The number of nitrogens with one attached hydrogen (secondary N) is 1. The lowest BCUT2D eigenvalue weighted by Crippen LogP contribution is -2.52. The van der Waals surface area contributed by atoms with Crippen LogP contribution in [0, 0.1) is 0 Å². The van der Waals surface area contributed by atoms with E-state index in [4.69, 9.17) is 9.47 Å². The Hall–Kier alpha value is -1.95. The lowest BCUT2D eigenvalue weighted by Gasteiger charge is -2.36. The molecule has 1 aromatic rings. The number of carbonyl (C=O) groups is 1. The van der Waals surface area contributed by atoms with E-state index in [1.807, 2.05) is 17.0 Å². The molecule has 2 fully saturated rings. The molecule has 1 N–H and O–H groups in total. The van der Waals surface area contributed by atoms with Gasteiger partial charge in [0.25, 0.3) is 0 Å². The maximum Gasteiger partial charge on any atom is 0.317 e. The number of benzene rings is 1. The molecule has 2 aliphatic heterocycles. The van der Waals surface area contributed by atoms with Crippen molar-refractivity contribution in [2.45, 2.75) is 18.9 Å². The number of urea groups is 1. The van der Waals surface area contributed by atoms with E-state index in [-0.39, 0.29) is 12.1 Å². The summed E-state index contributed by atoms with van der Waals surface area (Å²) in [6.07, 6.45) is 2.34. The Bertz CT molecular complexity index is 506. The molecule has 2 saturated heterocycles. The van der Waals surface area contributed by atoms with E-state index >= 15 is 0 Å². The summed E-state index contributed by atoms with van der Waals surface area (Å²) in [6.45, 7) is 4.62. The number of carbonyl (C=O) groups excluding carboxylic acids is 1. The van der Waals surface area contributed by atoms with Crippen molar-refractivity contribution in [2.24, 2.45) is 0 Å². The van der Waals surface area contributed by atoms with Gasteiger partial charge in [0.15, 0.2) is 0 Å². The lowest BCUT2D eigenvalue weighted by molar-refractivity contribution is 0.108. The van der Waals surface area contributed by atoms with Crippen molar-refractivity contribution in [2.75, 3.05) is 51.3 Å². The maximum atomic E-state index is 12.2. The highest BCUT2D eigenvalue weighted by molar-refractivity contribution is 5.74. The van der Waals surface area contributed by atoms with Gasteiger partial charge in [-0.25, -0.2) is 4.79 Å². The summed E-state index contributed by atoms with van der Waals surface area (Å²) in [5.41, 5.74) is 1.17. The summed E-state index contributed by atoms with van der Waals surface area (Å²) in [5, 5.41) is 2.99. The van der Waals surface area contributed by atoms with Crippen LogP contribution < -0.4 is 15.0 Å². The molecule has 0 saturated carbocycles. The Kier molecular flexibility index (Phi) is 5.23. The molecule has 0 spiro atoms. The van der Waals surface area contributed by atoms with Gasteiger partial charge < -0.3 is 24.6 Å². The van der Waals surface area contributed by atoms with Crippen molar-refractivity contribution in [3.63, 3.8) is 0 Å². The van der Waals surface area contributed by atoms with Crippen LogP contribution in [0.25, 0.3) is 0 Å². The van der Waals surface area contributed by atoms with Crippen LogP contribution in [0.15, 0.2) is 24.3 Å². The average Bonchev–Trinajstić information content (AvgIpc) is 3.13. The zero-order chi connectivity index (χ0) is 16.1. The van der Waals surface area contributed by atoms with Gasteiger partial charge in [-0.15, -0.1) is 0 Å². The number of ether oxygens (including phenoxy) is 2. The number of piperazine rings is 1. The third-order valence-electron chi connectivity index (χ3n) is 4.51. The van der Waals surface area contributed by atoms with Gasteiger partial charge in [0.1, 0.15) is 5.75 Å². The molecule has 1 aromatic carbocycles. The second-order valence-electron chi connectivity index (χ2n) is 5.99. The second kappa shape index (κ2) is 7.55. The molecule has 6 nitrogen and oxygen atoms in total. The van der Waals surface area contributed by atoms with Gasteiger partial charge in [-0.2, -0.15) is 0 Å². The maximum absolute atomic E-state index is 12.2. The van der Waals surface area contributed by atoms with Crippen LogP contribution in [0.4, 0.5) is 10.5 Å². The highest BCUT2D eigenvalue weighted by atomic mass is 16.5. The molecule has 3 rings (SSSR count). The fourth-order valence-corrected chi connectivity index (χ4v) is 3.08. The van der Waals surface area contributed by atoms with E-state index in [0.717, 1.165) is 51.4 Å². The Morgan fingerprint density at radius 3 is 2.61 bits per heavy atom. The van der Waals surface area contributed by atoms with Crippen LogP contribution in [0.5, 0.6) is 5.75 Å². The number of hydrogen-bond acceptors (Lipinski definition) is 4. The highest BCUT2D eigenvalue weighted by Crippen LogP contribution is 2.20. The third-order valence-corrected chi connectivity index (χ3v) is 4.51. The summed E-state index contributed by atoms with van der Waals surface area (Å²) < 4.78 is 10.7. The van der Waals surface area contributed by atoms with Crippen LogP contribution in [0.3, 0.4) is 0 Å². The topological polar surface area (TPSA) is 54.0 Å². The largest absolute Gasteiger partial charge is 0.497 e. The van der Waals surface area contributed by atoms with Crippen molar-refractivity contribution in [3.05, 3.63) is 24.3 Å². The van der Waals surface area contributed by atoms with Gasteiger partial charge in [0.05, 0.1) is 13.2 Å². The van der Waals surface area contributed by atoms with Crippen LogP contribution >= 0.6 is 0 Å². The Balaban J connectivity index is 1.44. The van der Waals surface area contributed by atoms with Crippen LogP contribution in [-0.4, -0.2) is 63.5 Å². The molecule has 2 aliphatic rings. The standard InChI is InChI=1S/C17H25N3O3/c1-22-15-6-4-14(5-7-15)19-8-10-20(11-9-19)17(21)18-13-16-3-2-12-23-16/h4-7,16H,2-3,8-13H2,1H3,(H,18,21). The fourth-order valence-electron chi connectivity index (χ4n) is 3.08. The van der Waals surface area contributed by atoms with Gasteiger partial charge in [-0.1, -0.05) is 0 Å². The number of rotatable bonds is 4. The summed E-state index contributed by atoms with van der Waals surface area (Å²) in [4.78, 5) is 16.4. The number of hydrogen-bond donors (Lipinski definition) is 1. The summed E-state index contributed by atoms with van der Waals surface area (Å²) in [5.74, 6) is 0.862. The zero-order valence-corrected chi connectivity index (χ0v) is 13.7. The van der Waals surface area contributed by atoms with Gasteiger partial charge in [0.2, 0.25) is 0 Å². The van der Waals surface area contributed by atoms with E-state index < -0.39 is 0 Å². The molecular weight excluding hydrogens is 294 g/mol. The SMILES string of the molecule is COc1ccc(N2CCN(C(=O)NCC3CCCO3)CC2)cc1. The first-order chi connectivity index (χ1) is 11.3. The predicted octanol–water partition coefficient (Wildman–Crippen LogP) is 1.71. The first-order valence-corrected chi connectivity index (χ1v) is 8.29. The Morgan fingerprint density at radius 2 is 2.00 bits per heavy atom.